The Kier molecular flexibility index (Phi) is 12.1. The average Bonchev–Trinajstić information content (AvgIpc) is 2.38. The zero-order valence-electron chi connectivity index (χ0n) is 14.2. The van der Waals surface area contributed by atoms with Gasteiger partial charge < -0.3 is 0 Å². The van der Waals surface area contributed by atoms with Crippen LogP contribution in [0, 0.1) is 0 Å². The van der Waals surface area contributed by atoms with Gasteiger partial charge in [-0.1, -0.05) is 90.1 Å². The molecule has 0 aromatic carbocycles. The predicted molar refractivity (Wildman–Crippen MR) is 94.1 cm³/mol. The van der Waals surface area contributed by atoms with Gasteiger partial charge in [0.15, 0.2) is 5.78 Å². The summed E-state index contributed by atoms with van der Waals surface area (Å²) in [5.41, 5.74) is 0. The van der Waals surface area contributed by atoms with Gasteiger partial charge >= 0.3 is 0 Å². The van der Waals surface area contributed by atoms with Crippen molar-refractivity contribution in [2.24, 2.45) is 0 Å². The standard InChI is InChI=1S/C18H36OSi/c1-5-18(19)16-14-12-10-8-6-7-9-11-13-15-17-20(2,3)4/h5H,1,6-17H2,2-4H3. The van der Waals surface area contributed by atoms with Gasteiger partial charge in [0.25, 0.3) is 0 Å². The number of allylic oxidation sites excluding steroid dienone is 1. The first-order chi connectivity index (χ1) is 9.45. The van der Waals surface area contributed by atoms with Gasteiger partial charge in [0.2, 0.25) is 0 Å². The second kappa shape index (κ2) is 12.4. The summed E-state index contributed by atoms with van der Waals surface area (Å²) in [6, 6.07) is 1.50. The molecule has 0 aliphatic carbocycles. The van der Waals surface area contributed by atoms with Crippen molar-refractivity contribution in [1.29, 1.82) is 0 Å². The van der Waals surface area contributed by atoms with E-state index in [4.69, 9.17) is 0 Å². The number of carbonyl (C=O) groups excluding carboxylic acids is 1. The Bertz CT molecular complexity index is 253. The van der Waals surface area contributed by atoms with Crippen LogP contribution in [0.5, 0.6) is 0 Å². The summed E-state index contributed by atoms with van der Waals surface area (Å²) in [6.45, 7) is 10.9. The molecule has 0 unspecified atom stereocenters. The summed E-state index contributed by atoms with van der Waals surface area (Å²) in [5, 5.41) is 0. The van der Waals surface area contributed by atoms with Crippen molar-refractivity contribution in [2.75, 3.05) is 0 Å². The second-order valence-corrected chi connectivity index (χ2v) is 12.9. The van der Waals surface area contributed by atoms with Gasteiger partial charge in [-0.25, -0.2) is 0 Å². The van der Waals surface area contributed by atoms with E-state index >= 15 is 0 Å². The Morgan fingerprint density at radius 1 is 0.800 bits per heavy atom. The highest BCUT2D eigenvalue weighted by atomic mass is 28.3. The van der Waals surface area contributed by atoms with Crippen LogP contribution < -0.4 is 0 Å². The highest BCUT2D eigenvalue weighted by Crippen LogP contribution is 2.16. The molecule has 2 heteroatoms. The molecule has 0 aliphatic rings. The quantitative estimate of drug-likeness (QED) is 0.207. The van der Waals surface area contributed by atoms with E-state index in [0.717, 1.165) is 6.42 Å². The van der Waals surface area contributed by atoms with E-state index in [1.54, 1.807) is 0 Å². The second-order valence-electron chi connectivity index (χ2n) is 7.27. The molecule has 20 heavy (non-hydrogen) atoms. The van der Waals surface area contributed by atoms with Crippen molar-refractivity contribution in [1.82, 2.24) is 0 Å². The molecule has 0 aromatic rings. The van der Waals surface area contributed by atoms with Crippen LogP contribution in [0.3, 0.4) is 0 Å². The summed E-state index contributed by atoms with van der Waals surface area (Å²) in [7, 11) is -0.792. The van der Waals surface area contributed by atoms with E-state index in [9.17, 15) is 4.79 Å². The molecular weight excluding hydrogens is 260 g/mol. The van der Waals surface area contributed by atoms with Gasteiger partial charge in [-0.2, -0.15) is 0 Å². The topological polar surface area (TPSA) is 17.1 Å². The zero-order chi connectivity index (χ0) is 15.3. The summed E-state index contributed by atoms with van der Waals surface area (Å²) >= 11 is 0. The molecule has 0 saturated carbocycles. The summed E-state index contributed by atoms with van der Waals surface area (Å²) < 4.78 is 0. The number of hydrogen-bond acceptors (Lipinski definition) is 1. The number of hydrogen-bond donors (Lipinski definition) is 0. The number of unbranched alkanes of at least 4 members (excludes halogenated alkanes) is 9. The molecule has 1 nitrogen and oxygen atoms in total. The Labute approximate surface area is 128 Å². The first kappa shape index (κ1) is 19.6. The summed E-state index contributed by atoms with van der Waals surface area (Å²) in [5.74, 6) is 0.198. The van der Waals surface area contributed by atoms with Crippen molar-refractivity contribution in [2.45, 2.75) is 96.3 Å². The Balaban J connectivity index is 3.10. The van der Waals surface area contributed by atoms with Gasteiger partial charge in [-0.15, -0.1) is 0 Å². The zero-order valence-corrected chi connectivity index (χ0v) is 15.2. The van der Waals surface area contributed by atoms with Crippen LogP contribution >= 0.6 is 0 Å². The van der Waals surface area contributed by atoms with Crippen LogP contribution in [-0.4, -0.2) is 13.9 Å². The van der Waals surface area contributed by atoms with Crippen LogP contribution in [0.15, 0.2) is 12.7 Å². The normalized spacial score (nSPS) is 11.6. The minimum absolute atomic E-state index is 0.198. The fourth-order valence-corrected chi connectivity index (χ4v) is 3.78. The maximum absolute atomic E-state index is 11.0. The average molecular weight is 297 g/mol. The van der Waals surface area contributed by atoms with Gasteiger partial charge in [-0.05, 0) is 12.5 Å². The van der Waals surface area contributed by atoms with Crippen molar-refractivity contribution in [3.63, 3.8) is 0 Å². The van der Waals surface area contributed by atoms with Gasteiger partial charge in [-0.3, -0.25) is 4.79 Å². The van der Waals surface area contributed by atoms with Crippen molar-refractivity contribution < 1.29 is 4.79 Å². The Morgan fingerprint density at radius 2 is 1.20 bits per heavy atom. The fourth-order valence-electron chi connectivity index (χ4n) is 2.47. The monoisotopic (exact) mass is 296 g/mol. The minimum Gasteiger partial charge on any atom is -0.295 e. The molecule has 0 rings (SSSR count). The fraction of sp³-hybridized carbons (Fsp3) is 0.833. The van der Waals surface area contributed by atoms with E-state index in [-0.39, 0.29) is 5.78 Å². The third kappa shape index (κ3) is 15.7. The van der Waals surface area contributed by atoms with Crippen LogP contribution in [0.4, 0.5) is 0 Å². The first-order valence-electron chi connectivity index (χ1n) is 8.61. The van der Waals surface area contributed by atoms with Crippen molar-refractivity contribution in [3.05, 3.63) is 12.7 Å². The molecule has 0 spiro atoms. The third-order valence-electron chi connectivity index (χ3n) is 3.83. The smallest absolute Gasteiger partial charge is 0.155 e. The molecule has 0 bridgehead atoms. The molecule has 0 saturated heterocycles. The van der Waals surface area contributed by atoms with E-state index in [0.29, 0.717) is 6.42 Å². The number of rotatable bonds is 14. The lowest BCUT2D eigenvalue weighted by Crippen LogP contribution is -2.18. The maximum Gasteiger partial charge on any atom is 0.155 e. The molecule has 0 heterocycles. The Morgan fingerprint density at radius 3 is 1.60 bits per heavy atom. The van der Waals surface area contributed by atoms with E-state index in [2.05, 4.69) is 26.2 Å². The molecular formula is C18H36OSi. The molecule has 0 atom stereocenters. The van der Waals surface area contributed by atoms with Crippen LogP contribution in [0.25, 0.3) is 0 Å². The first-order valence-corrected chi connectivity index (χ1v) is 12.3. The number of ketones is 1. The van der Waals surface area contributed by atoms with Gasteiger partial charge in [0, 0.05) is 14.5 Å². The van der Waals surface area contributed by atoms with Crippen molar-refractivity contribution >= 4 is 13.9 Å². The van der Waals surface area contributed by atoms with Crippen LogP contribution in [0.2, 0.25) is 25.7 Å². The lowest BCUT2D eigenvalue weighted by atomic mass is 10.1. The van der Waals surface area contributed by atoms with Crippen LogP contribution in [0.1, 0.15) is 70.6 Å². The molecule has 0 N–H and O–H groups in total. The molecule has 118 valence electrons. The third-order valence-corrected chi connectivity index (χ3v) is 5.68. The largest absolute Gasteiger partial charge is 0.295 e. The lowest BCUT2D eigenvalue weighted by molar-refractivity contribution is -0.114. The molecule has 0 radical (unpaired) electrons. The predicted octanol–water partition coefficient (Wildman–Crippen LogP) is 6.37. The Hall–Kier alpha value is -0.373. The summed E-state index contributed by atoms with van der Waals surface area (Å²) in [6.07, 6.45) is 15.5. The van der Waals surface area contributed by atoms with E-state index < -0.39 is 8.07 Å². The molecule has 0 fully saturated rings. The van der Waals surface area contributed by atoms with Crippen molar-refractivity contribution in [3.8, 4) is 0 Å². The van der Waals surface area contributed by atoms with Crippen LogP contribution in [-0.2, 0) is 4.79 Å². The molecule has 0 aromatic heterocycles. The number of carbonyl (C=O) groups is 1. The molecule has 0 amide bonds. The van der Waals surface area contributed by atoms with Gasteiger partial charge in [0.05, 0.1) is 0 Å². The van der Waals surface area contributed by atoms with Gasteiger partial charge in [0.1, 0.15) is 0 Å². The molecule has 0 aliphatic heterocycles. The SMILES string of the molecule is C=CC(=O)CCCCCCCCCCCC[Si](C)(C)C. The highest BCUT2D eigenvalue weighted by molar-refractivity contribution is 6.76. The maximum atomic E-state index is 11.0. The summed E-state index contributed by atoms with van der Waals surface area (Å²) in [4.78, 5) is 11.0. The van der Waals surface area contributed by atoms with E-state index in [1.165, 1.54) is 69.9 Å². The highest BCUT2D eigenvalue weighted by Gasteiger charge is 2.11. The van der Waals surface area contributed by atoms with E-state index in [1.807, 2.05) is 0 Å². The lowest BCUT2D eigenvalue weighted by Gasteiger charge is -2.14. The minimum atomic E-state index is -0.792.